The molecular formula is C12H10ClFN2O. The summed E-state index contributed by atoms with van der Waals surface area (Å²) in [6.07, 6.45) is 1.63. The molecule has 1 heterocycles. The van der Waals surface area contributed by atoms with Crippen LogP contribution in [-0.4, -0.2) is 4.98 Å². The molecule has 0 aliphatic heterocycles. The van der Waals surface area contributed by atoms with Gasteiger partial charge in [-0.1, -0.05) is 17.7 Å². The summed E-state index contributed by atoms with van der Waals surface area (Å²) in [5, 5.41) is 0.0149. The normalized spacial score (nSPS) is 10.3. The Bertz CT molecular complexity index is 516. The fraction of sp³-hybridized carbons (Fsp3) is 0.0833. The predicted octanol–water partition coefficient (Wildman–Crippen LogP) is 3.13. The molecule has 0 aliphatic carbocycles. The molecule has 1 aromatic heterocycles. The molecule has 0 saturated carbocycles. The van der Waals surface area contributed by atoms with Gasteiger partial charge in [0.05, 0.1) is 5.02 Å². The van der Waals surface area contributed by atoms with E-state index in [1.54, 1.807) is 12.3 Å². The zero-order valence-corrected chi connectivity index (χ0v) is 9.62. The molecular weight excluding hydrogens is 243 g/mol. The van der Waals surface area contributed by atoms with E-state index in [1.165, 1.54) is 18.2 Å². The van der Waals surface area contributed by atoms with Gasteiger partial charge in [-0.2, -0.15) is 0 Å². The molecule has 5 heteroatoms. The van der Waals surface area contributed by atoms with E-state index in [0.717, 1.165) is 5.56 Å². The van der Waals surface area contributed by atoms with Gasteiger partial charge in [-0.25, -0.2) is 9.37 Å². The van der Waals surface area contributed by atoms with Gasteiger partial charge in [-0.15, -0.1) is 0 Å². The Morgan fingerprint density at radius 3 is 2.71 bits per heavy atom. The van der Waals surface area contributed by atoms with Crippen LogP contribution in [0.25, 0.3) is 0 Å². The molecule has 17 heavy (non-hydrogen) atoms. The molecule has 0 atom stereocenters. The van der Waals surface area contributed by atoms with Crippen molar-refractivity contribution in [1.82, 2.24) is 4.98 Å². The number of hydrogen-bond acceptors (Lipinski definition) is 3. The molecule has 0 fully saturated rings. The molecule has 3 nitrogen and oxygen atoms in total. The Morgan fingerprint density at radius 2 is 2.12 bits per heavy atom. The standard InChI is InChI=1S/C12H10ClFN2O/c13-10-5-9(2-3-11(10)14)17-12-4-1-8(6-15)7-16-12/h1-5,7H,6,15H2. The summed E-state index contributed by atoms with van der Waals surface area (Å²) in [7, 11) is 0. The van der Waals surface area contributed by atoms with Gasteiger partial charge < -0.3 is 10.5 Å². The summed E-state index contributed by atoms with van der Waals surface area (Å²) >= 11 is 5.64. The van der Waals surface area contributed by atoms with Crippen LogP contribution >= 0.6 is 11.6 Å². The second-order valence-corrected chi connectivity index (χ2v) is 3.79. The zero-order chi connectivity index (χ0) is 12.3. The Labute approximate surface area is 103 Å². The third kappa shape index (κ3) is 2.93. The summed E-state index contributed by atoms with van der Waals surface area (Å²) in [4.78, 5) is 4.06. The van der Waals surface area contributed by atoms with Crippen molar-refractivity contribution in [1.29, 1.82) is 0 Å². The number of pyridine rings is 1. The molecule has 0 unspecified atom stereocenters. The monoisotopic (exact) mass is 252 g/mol. The lowest BCUT2D eigenvalue weighted by Gasteiger charge is -2.05. The van der Waals surface area contributed by atoms with E-state index in [1.807, 2.05) is 6.07 Å². The third-order valence-electron chi connectivity index (χ3n) is 2.15. The van der Waals surface area contributed by atoms with Crippen LogP contribution in [0.1, 0.15) is 5.56 Å². The minimum absolute atomic E-state index is 0.0149. The molecule has 2 rings (SSSR count). The molecule has 2 N–H and O–H groups in total. The Kier molecular flexibility index (Phi) is 3.56. The van der Waals surface area contributed by atoms with Crippen LogP contribution in [0.4, 0.5) is 4.39 Å². The van der Waals surface area contributed by atoms with Crippen molar-refractivity contribution in [3.05, 3.63) is 52.9 Å². The Morgan fingerprint density at radius 1 is 1.29 bits per heavy atom. The maximum absolute atomic E-state index is 12.9. The van der Waals surface area contributed by atoms with Gasteiger partial charge in [-0.3, -0.25) is 0 Å². The molecule has 0 spiro atoms. The quantitative estimate of drug-likeness (QED) is 0.913. The maximum atomic E-state index is 12.9. The highest BCUT2D eigenvalue weighted by molar-refractivity contribution is 6.30. The lowest BCUT2D eigenvalue weighted by Crippen LogP contribution is -1.97. The fourth-order valence-electron chi connectivity index (χ4n) is 1.25. The van der Waals surface area contributed by atoms with Crippen molar-refractivity contribution >= 4 is 11.6 Å². The number of ether oxygens (including phenoxy) is 1. The van der Waals surface area contributed by atoms with Gasteiger partial charge in [0.25, 0.3) is 0 Å². The number of halogens is 2. The molecule has 0 amide bonds. The average molecular weight is 253 g/mol. The van der Waals surface area contributed by atoms with Crippen molar-refractivity contribution in [2.75, 3.05) is 0 Å². The summed E-state index contributed by atoms with van der Waals surface area (Å²) in [6.45, 7) is 0.426. The largest absolute Gasteiger partial charge is 0.439 e. The first-order chi connectivity index (χ1) is 8.19. The van der Waals surface area contributed by atoms with Crippen LogP contribution in [0, 0.1) is 5.82 Å². The van der Waals surface area contributed by atoms with Crippen molar-refractivity contribution in [3.63, 3.8) is 0 Å². The summed E-state index contributed by atoms with van der Waals surface area (Å²) < 4.78 is 18.3. The lowest BCUT2D eigenvalue weighted by molar-refractivity contribution is 0.461. The maximum Gasteiger partial charge on any atom is 0.219 e. The SMILES string of the molecule is NCc1ccc(Oc2ccc(F)c(Cl)c2)nc1. The number of aromatic nitrogens is 1. The van der Waals surface area contributed by atoms with Crippen LogP contribution < -0.4 is 10.5 Å². The van der Waals surface area contributed by atoms with Crippen molar-refractivity contribution < 1.29 is 9.13 Å². The van der Waals surface area contributed by atoms with E-state index in [4.69, 9.17) is 22.1 Å². The van der Waals surface area contributed by atoms with Gasteiger partial charge in [0.2, 0.25) is 5.88 Å². The third-order valence-corrected chi connectivity index (χ3v) is 2.44. The Balaban J connectivity index is 2.16. The van der Waals surface area contributed by atoms with Crippen LogP contribution in [0.15, 0.2) is 36.5 Å². The molecule has 0 saturated heterocycles. The second kappa shape index (κ2) is 5.12. The van der Waals surface area contributed by atoms with Crippen molar-refractivity contribution in [2.45, 2.75) is 6.54 Å². The number of benzene rings is 1. The first-order valence-electron chi connectivity index (χ1n) is 4.97. The van der Waals surface area contributed by atoms with Crippen LogP contribution in [-0.2, 0) is 6.54 Å². The molecule has 88 valence electrons. The molecule has 1 aromatic carbocycles. The number of nitrogens with two attached hydrogens (primary N) is 1. The highest BCUT2D eigenvalue weighted by Gasteiger charge is 2.03. The van der Waals surface area contributed by atoms with Gasteiger partial charge >= 0.3 is 0 Å². The smallest absolute Gasteiger partial charge is 0.219 e. The van der Waals surface area contributed by atoms with Crippen LogP contribution in [0.3, 0.4) is 0 Å². The van der Waals surface area contributed by atoms with Crippen molar-refractivity contribution in [3.8, 4) is 11.6 Å². The van der Waals surface area contributed by atoms with E-state index in [-0.39, 0.29) is 5.02 Å². The number of nitrogens with zero attached hydrogens (tertiary/aromatic N) is 1. The van der Waals surface area contributed by atoms with Crippen molar-refractivity contribution in [2.24, 2.45) is 5.73 Å². The molecule has 0 aliphatic rings. The minimum Gasteiger partial charge on any atom is -0.439 e. The predicted molar refractivity (Wildman–Crippen MR) is 63.6 cm³/mol. The average Bonchev–Trinajstić information content (AvgIpc) is 2.35. The van der Waals surface area contributed by atoms with Gasteiger partial charge in [0, 0.05) is 24.9 Å². The summed E-state index contributed by atoms with van der Waals surface area (Å²) in [6, 6.07) is 7.63. The highest BCUT2D eigenvalue weighted by atomic mass is 35.5. The number of rotatable bonds is 3. The lowest BCUT2D eigenvalue weighted by atomic mass is 10.3. The van der Waals surface area contributed by atoms with E-state index >= 15 is 0 Å². The van der Waals surface area contributed by atoms with Gasteiger partial charge in [0.15, 0.2) is 0 Å². The topological polar surface area (TPSA) is 48.1 Å². The Hall–Kier alpha value is -1.65. The van der Waals surface area contributed by atoms with E-state index < -0.39 is 5.82 Å². The molecule has 0 bridgehead atoms. The van der Waals surface area contributed by atoms with Gasteiger partial charge in [0.1, 0.15) is 11.6 Å². The zero-order valence-electron chi connectivity index (χ0n) is 8.86. The molecule has 0 radical (unpaired) electrons. The summed E-state index contributed by atoms with van der Waals surface area (Å²) in [5.41, 5.74) is 6.36. The minimum atomic E-state index is -0.481. The fourth-order valence-corrected chi connectivity index (χ4v) is 1.42. The van der Waals surface area contributed by atoms with E-state index in [9.17, 15) is 4.39 Å². The van der Waals surface area contributed by atoms with E-state index in [2.05, 4.69) is 4.98 Å². The second-order valence-electron chi connectivity index (χ2n) is 3.39. The van der Waals surface area contributed by atoms with Gasteiger partial charge in [-0.05, 0) is 17.7 Å². The summed E-state index contributed by atoms with van der Waals surface area (Å²) in [5.74, 6) is 0.361. The van der Waals surface area contributed by atoms with Crippen LogP contribution in [0.5, 0.6) is 11.6 Å². The van der Waals surface area contributed by atoms with Crippen LogP contribution in [0.2, 0.25) is 5.02 Å². The number of hydrogen-bond donors (Lipinski definition) is 1. The first kappa shape index (κ1) is 11.8. The highest BCUT2D eigenvalue weighted by Crippen LogP contribution is 2.24. The van der Waals surface area contributed by atoms with E-state index in [0.29, 0.717) is 18.2 Å². The first-order valence-corrected chi connectivity index (χ1v) is 5.35. The molecule has 2 aromatic rings.